The van der Waals surface area contributed by atoms with E-state index in [-0.39, 0.29) is 0 Å². The molecular formula is C14H16O2. The lowest BCUT2D eigenvalue weighted by atomic mass is 9.88. The van der Waals surface area contributed by atoms with E-state index in [0.717, 1.165) is 6.42 Å². The Labute approximate surface area is 95.6 Å². The average Bonchev–Trinajstić information content (AvgIpc) is 2.30. The number of carbonyl (C=O) groups is 1. The van der Waals surface area contributed by atoms with Crippen molar-refractivity contribution in [2.75, 3.05) is 0 Å². The van der Waals surface area contributed by atoms with Crippen molar-refractivity contribution in [3.63, 3.8) is 0 Å². The normalized spacial score (nSPS) is 16.3. The topological polar surface area (TPSA) is 37.3 Å². The van der Waals surface area contributed by atoms with Gasteiger partial charge in [0.05, 0.1) is 5.56 Å². The third kappa shape index (κ3) is 2.16. The number of benzene rings is 1. The molecule has 0 atom stereocenters. The van der Waals surface area contributed by atoms with Gasteiger partial charge < -0.3 is 5.11 Å². The molecule has 0 aliphatic heterocycles. The second-order valence-corrected chi connectivity index (χ2v) is 4.35. The third-order valence-electron chi connectivity index (χ3n) is 3.22. The number of carboxylic acids is 1. The SMILES string of the molecule is CC1=C(c2ccc(C(=O)O)cc2)CCCC1. The molecule has 1 aromatic carbocycles. The summed E-state index contributed by atoms with van der Waals surface area (Å²) in [5.74, 6) is -0.860. The van der Waals surface area contributed by atoms with Crippen molar-refractivity contribution in [1.82, 2.24) is 0 Å². The number of hydrogen-bond donors (Lipinski definition) is 1. The summed E-state index contributed by atoms with van der Waals surface area (Å²) in [5.41, 5.74) is 4.40. The van der Waals surface area contributed by atoms with Gasteiger partial charge in [0.1, 0.15) is 0 Å². The summed E-state index contributed by atoms with van der Waals surface area (Å²) in [7, 11) is 0. The van der Waals surface area contributed by atoms with Crippen molar-refractivity contribution >= 4 is 11.5 Å². The molecule has 2 nitrogen and oxygen atoms in total. The van der Waals surface area contributed by atoms with Crippen LogP contribution in [0.5, 0.6) is 0 Å². The van der Waals surface area contributed by atoms with E-state index in [1.807, 2.05) is 12.1 Å². The zero-order valence-corrected chi connectivity index (χ0v) is 9.49. The lowest BCUT2D eigenvalue weighted by molar-refractivity contribution is 0.0697. The zero-order valence-electron chi connectivity index (χ0n) is 9.49. The fraction of sp³-hybridized carbons (Fsp3) is 0.357. The smallest absolute Gasteiger partial charge is 0.335 e. The predicted molar refractivity (Wildman–Crippen MR) is 64.5 cm³/mol. The zero-order chi connectivity index (χ0) is 11.5. The highest BCUT2D eigenvalue weighted by atomic mass is 16.4. The van der Waals surface area contributed by atoms with Crippen molar-refractivity contribution in [3.05, 3.63) is 41.0 Å². The fourth-order valence-corrected chi connectivity index (χ4v) is 2.26. The first-order chi connectivity index (χ1) is 7.68. The van der Waals surface area contributed by atoms with E-state index in [1.165, 1.54) is 36.0 Å². The number of rotatable bonds is 2. The van der Waals surface area contributed by atoms with Gasteiger partial charge in [0, 0.05) is 0 Å². The second-order valence-electron chi connectivity index (χ2n) is 4.35. The number of hydrogen-bond acceptors (Lipinski definition) is 1. The summed E-state index contributed by atoms with van der Waals surface area (Å²) in [6, 6.07) is 7.22. The molecule has 0 spiro atoms. The van der Waals surface area contributed by atoms with Gasteiger partial charge in [-0.2, -0.15) is 0 Å². The Morgan fingerprint density at radius 2 is 1.75 bits per heavy atom. The van der Waals surface area contributed by atoms with Crippen LogP contribution in [0.4, 0.5) is 0 Å². The van der Waals surface area contributed by atoms with Crippen molar-refractivity contribution in [2.45, 2.75) is 32.6 Å². The Morgan fingerprint density at radius 3 is 2.31 bits per heavy atom. The molecule has 0 unspecified atom stereocenters. The molecule has 0 amide bonds. The molecule has 0 radical (unpaired) electrons. The van der Waals surface area contributed by atoms with Crippen molar-refractivity contribution in [2.24, 2.45) is 0 Å². The van der Waals surface area contributed by atoms with Crippen LogP contribution in [0, 0.1) is 0 Å². The van der Waals surface area contributed by atoms with Crippen LogP contribution in [-0.2, 0) is 0 Å². The molecule has 0 heterocycles. The van der Waals surface area contributed by atoms with Gasteiger partial charge in [-0.1, -0.05) is 17.7 Å². The van der Waals surface area contributed by atoms with Crippen molar-refractivity contribution < 1.29 is 9.90 Å². The van der Waals surface area contributed by atoms with Crippen LogP contribution in [0.15, 0.2) is 29.8 Å². The molecule has 0 saturated carbocycles. The highest BCUT2D eigenvalue weighted by Gasteiger charge is 2.11. The molecule has 1 aliphatic rings. The molecule has 0 bridgehead atoms. The molecule has 1 N–H and O–H groups in total. The summed E-state index contributed by atoms with van der Waals surface area (Å²) in [6.45, 7) is 2.18. The minimum absolute atomic E-state index is 0.359. The fourth-order valence-electron chi connectivity index (χ4n) is 2.26. The minimum Gasteiger partial charge on any atom is -0.478 e. The van der Waals surface area contributed by atoms with E-state index in [0.29, 0.717) is 5.56 Å². The lowest BCUT2D eigenvalue weighted by Gasteiger charge is -2.18. The van der Waals surface area contributed by atoms with Gasteiger partial charge in [-0.15, -0.1) is 0 Å². The highest BCUT2D eigenvalue weighted by molar-refractivity contribution is 5.88. The maximum absolute atomic E-state index is 10.7. The number of aromatic carboxylic acids is 1. The Kier molecular flexibility index (Phi) is 3.09. The van der Waals surface area contributed by atoms with Gasteiger partial charge in [0.2, 0.25) is 0 Å². The average molecular weight is 216 g/mol. The third-order valence-corrected chi connectivity index (χ3v) is 3.22. The second kappa shape index (κ2) is 4.52. The molecule has 0 fully saturated rings. The molecule has 0 saturated heterocycles. The summed E-state index contributed by atoms with van der Waals surface area (Å²) in [4.78, 5) is 10.7. The summed E-state index contributed by atoms with van der Waals surface area (Å²) < 4.78 is 0. The van der Waals surface area contributed by atoms with Crippen LogP contribution in [0.25, 0.3) is 5.57 Å². The first-order valence-corrected chi connectivity index (χ1v) is 5.71. The van der Waals surface area contributed by atoms with Gasteiger partial charge >= 0.3 is 5.97 Å². The predicted octanol–water partition coefficient (Wildman–Crippen LogP) is 3.73. The first-order valence-electron chi connectivity index (χ1n) is 5.71. The van der Waals surface area contributed by atoms with Crippen LogP contribution in [0.3, 0.4) is 0 Å². The highest BCUT2D eigenvalue weighted by Crippen LogP contribution is 2.31. The van der Waals surface area contributed by atoms with E-state index in [2.05, 4.69) is 6.92 Å². The molecule has 16 heavy (non-hydrogen) atoms. The molecule has 0 aromatic heterocycles. The molecule has 2 heteroatoms. The van der Waals surface area contributed by atoms with E-state index >= 15 is 0 Å². The van der Waals surface area contributed by atoms with E-state index in [9.17, 15) is 4.79 Å². The van der Waals surface area contributed by atoms with Gasteiger partial charge in [0.15, 0.2) is 0 Å². The van der Waals surface area contributed by atoms with Crippen LogP contribution < -0.4 is 0 Å². The lowest BCUT2D eigenvalue weighted by Crippen LogP contribution is -1.99. The Morgan fingerprint density at radius 1 is 1.12 bits per heavy atom. The maximum atomic E-state index is 10.7. The first kappa shape index (κ1) is 10.9. The van der Waals surface area contributed by atoms with E-state index in [4.69, 9.17) is 5.11 Å². The van der Waals surface area contributed by atoms with Gasteiger partial charge in [0.25, 0.3) is 0 Å². The Hall–Kier alpha value is -1.57. The number of carboxylic acid groups (broad SMARTS) is 1. The minimum atomic E-state index is -0.860. The van der Waals surface area contributed by atoms with Crippen LogP contribution in [-0.4, -0.2) is 11.1 Å². The van der Waals surface area contributed by atoms with E-state index < -0.39 is 5.97 Å². The Bertz CT molecular complexity index is 427. The molecular weight excluding hydrogens is 200 g/mol. The summed E-state index contributed by atoms with van der Waals surface area (Å²) >= 11 is 0. The summed E-state index contributed by atoms with van der Waals surface area (Å²) in [6.07, 6.45) is 4.82. The van der Waals surface area contributed by atoms with Gasteiger partial charge in [-0.3, -0.25) is 0 Å². The largest absolute Gasteiger partial charge is 0.478 e. The quantitative estimate of drug-likeness (QED) is 0.817. The summed E-state index contributed by atoms with van der Waals surface area (Å²) in [5, 5.41) is 8.83. The van der Waals surface area contributed by atoms with Crippen LogP contribution >= 0.6 is 0 Å². The van der Waals surface area contributed by atoms with Crippen molar-refractivity contribution in [1.29, 1.82) is 0 Å². The Balaban J connectivity index is 2.31. The monoisotopic (exact) mass is 216 g/mol. The van der Waals surface area contributed by atoms with Crippen LogP contribution in [0.2, 0.25) is 0 Å². The molecule has 2 rings (SSSR count). The van der Waals surface area contributed by atoms with Gasteiger partial charge in [-0.05, 0) is 55.9 Å². The molecule has 1 aliphatic carbocycles. The van der Waals surface area contributed by atoms with E-state index in [1.54, 1.807) is 12.1 Å². The standard InChI is InChI=1S/C14H16O2/c1-10-4-2-3-5-13(10)11-6-8-12(9-7-11)14(15)16/h6-9H,2-5H2,1H3,(H,15,16). The molecule has 1 aromatic rings. The molecule has 84 valence electrons. The van der Waals surface area contributed by atoms with Crippen molar-refractivity contribution in [3.8, 4) is 0 Å². The van der Waals surface area contributed by atoms with Gasteiger partial charge in [-0.25, -0.2) is 4.79 Å². The van der Waals surface area contributed by atoms with Crippen LogP contribution in [0.1, 0.15) is 48.5 Å². The maximum Gasteiger partial charge on any atom is 0.335 e. The number of allylic oxidation sites excluding steroid dienone is 2.